The molecule has 5 nitrogen and oxygen atoms in total. The van der Waals surface area contributed by atoms with Gasteiger partial charge in [0.15, 0.2) is 12.2 Å². The predicted octanol–water partition coefficient (Wildman–Crippen LogP) is 2.70. The van der Waals surface area contributed by atoms with Crippen molar-refractivity contribution in [2.75, 3.05) is 18.4 Å². The molecule has 0 saturated carbocycles. The van der Waals surface area contributed by atoms with Gasteiger partial charge in [-0.05, 0) is 32.0 Å². The van der Waals surface area contributed by atoms with Crippen LogP contribution in [-0.4, -0.2) is 24.0 Å². The van der Waals surface area contributed by atoms with E-state index in [0.29, 0.717) is 5.76 Å². The lowest BCUT2D eigenvalue weighted by Crippen LogP contribution is -2.35. The number of hydrogen-bond donors (Lipinski definition) is 2. The maximum Gasteiger partial charge on any atom is 0.231 e. The van der Waals surface area contributed by atoms with Gasteiger partial charge in [-0.3, -0.25) is 4.79 Å². The quantitative estimate of drug-likeness (QED) is 0.915. The molecule has 21 heavy (non-hydrogen) atoms. The largest absolute Gasteiger partial charge is 0.444 e. The molecular weight excluding hydrogens is 290 g/mol. The lowest BCUT2D eigenvalue weighted by Gasteiger charge is -2.21. The molecule has 1 atom stereocenters. The Hall–Kier alpha value is -1.85. The molecule has 1 unspecified atom stereocenters. The fourth-order valence-electron chi connectivity index (χ4n) is 2.40. The molecule has 1 aliphatic heterocycles. The molecule has 112 valence electrons. The van der Waals surface area contributed by atoms with Gasteiger partial charge in [0.1, 0.15) is 0 Å². The summed E-state index contributed by atoms with van der Waals surface area (Å²) in [4.78, 5) is 16.2. The first-order valence-corrected chi connectivity index (χ1v) is 6.68. The monoisotopic (exact) mass is 307 g/mol. The van der Waals surface area contributed by atoms with Crippen LogP contribution >= 0.6 is 12.4 Å². The van der Waals surface area contributed by atoms with Crippen LogP contribution < -0.4 is 10.6 Å². The highest BCUT2D eigenvalue weighted by molar-refractivity contribution is 5.96. The van der Waals surface area contributed by atoms with Gasteiger partial charge in [0.05, 0.1) is 11.6 Å². The number of nitrogens with zero attached hydrogens (tertiary/aromatic N) is 1. The number of anilines is 1. The number of oxazole rings is 1. The van der Waals surface area contributed by atoms with Crippen molar-refractivity contribution in [1.82, 2.24) is 10.3 Å². The van der Waals surface area contributed by atoms with E-state index in [0.717, 1.165) is 30.8 Å². The minimum atomic E-state index is -0.331. The van der Waals surface area contributed by atoms with E-state index < -0.39 is 0 Å². The van der Waals surface area contributed by atoms with Gasteiger partial charge in [0, 0.05) is 17.8 Å². The van der Waals surface area contributed by atoms with Crippen LogP contribution in [0.15, 0.2) is 41.3 Å². The second-order valence-electron chi connectivity index (χ2n) is 5.39. The number of aromatic nitrogens is 1. The van der Waals surface area contributed by atoms with Crippen LogP contribution in [0, 0.1) is 5.41 Å². The summed E-state index contributed by atoms with van der Waals surface area (Å²) in [5.74, 6) is 0.743. The summed E-state index contributed by atoms with van der Waals surface area (Å²) in [7, 11) is 0. The maximum absolute atomic E-state index is 12.3. The molecule has 0 bridgehead atoms. The zero-order valence-corrected chi connectivity index (χ0v) is 12.6. The summed E-state index contributed by atoms with van der Waals surface area (Å²) in [5.41, 5.74) is 1.34. The van der Waals surface area contributed by atoms with Crippen molar-refractivity contribution < 1.29 is 9.21 Å². The van der Waals surface area contributed by atoms with Crippen LogP contribution in [0.2, 0.25) is 0 Å². The third-order valence-corrected chi connectivity index (χ3v) is 3.75. The highest BCUT2D eigenvalue weighted by atomic mass is 35.5. The SMILES string of the molecule is CC1(C(=O)Nc2cccc(-c3cnco3)c2)CCNC1.Cl. The van der Waals surface area contributed by atoms with Crippen molar-refractivity contribution in [3.8, 4) is 11.3 Å². The van der Waals surface area contributed by atoms with E-state index in [9.17, 15) is 4.79 Å². The first kappa shape index (κ1) is 15.5. The van der Waals surface area contributed by atoms with E-state index in [1.807, 2.05) is 31.2 Å². The Balaban J connectivity index is 0.00000161. The number of nitrogens with one attached hydrogen (secondary N) is 2. The lowest BCUT2D eigenvalue weighted by molar-refractivity contribution is -0.123. The van der Waals surface area contributed by atoms with E-state index in [1.54, 1.807) is 6.20 Å². The van der Waals surface area contributed by atoms with E-state index in [4.69, 9.17) is 4.42 Å². The van der Waals surface area contributed by atoms with Crippen molar-refractivity contribution in [3.63, 3.8) is 0 Å². The number of benzene rings is 1. The van der Waals surface area contributed by atoms with Gasteiger partial charge in [-0.2, -0.15) is 0 Å². The van der Waals surface area contributed by atoms with Crippen LogP contribution in [0.25, 0.3) is 11.3 Å². The third-order valence-electron chi connectivity index (χ3n) is 3.75. The van der Waals surface area contributed by atoms with Crippen molar-refractivity contribution >= 4 is 24.0 Å². The highest BCUT2D eigenvalue weighted by Gasteiger charge is 2.36. The molecule has 1 fully saturated rings. The molecule has 1 aromatic carbocycles. The summed E-state index contributed by atoms with van der Waals surface area (Å²) in [6.07, 6.45) is 3.91. The van der Waals surface area contributed by atoms with E-state index >= 15 is 0 Å². The molecule has 0 spiro atoms. The zero-order valence-electron chi connectivity index (χ0n) is 11.8. The van der Waals surface area contributed by atoms with Crippen molar-refractivity contribution in [2.45, 2.75) is 13.3 Å². The van der Waals surface area contributed by atoms with Crippen LogP contribution in [0.1, 0.15) is 13.3 Å². The van der Waals surface area contributed by atoms with Gasteiger partial charge in [-0.25, -0.2) is 4.98 Å². The average molecular weight is 308 g/mol. The molecule has 3 rings (SSSR count). The Bertz CT molecular complexity index is 607. The standard InChI is InChI=1S/C15H17N3O2.ClH/c1-15(5-6-16-9-15)14(19)18-12-4-2-3-11(7-12)13-8-17-10-20-13;/h2-4,7-8,10,16H,5-6,9H2,1H3,(H,18,19);1H. The Kier molecular flexibility index (Phi) is 4.65. The Labute approximate surface area is 129 Å². The number of rotatable bonds is 3. The molecular formula is C15H18ClN3O2. The number of amides is 1. The van der Waals surface area contributed by atoms with Gasteiger partial charge in [0.25, 0.3) is 0 Å². The van der Waals surface area contributed by atoms with Crippen LogP contribution in [0.5, 0.6) is 0 Å². The van der Waals surface area contributed by atoms with Gasteiger partial charge < -0.3 is 15.1 Å². The number of halogens is 1. The minimum absolute atomic E-state index is 0. The van der Waals surface area contributed by atoms with Crippen molar-refractivity contribution in [3.05, 3.63) is 36.9 Å². The van der Waals surface area contributed by atoms with Crippen molar-refractivity contribution in [1.29, 1.82) is 0 Å². The number of carbonyl (C=O) groups is 1. The molecule has 6 heteroatoms. The first-order valence-electron chi connectivity index (χ1n) is 6.68. The lowest BCUT2D eigenvalue weighted by atomic mass is 9.88. The first-order chi connectivity index (χ1) is 9.67. The van der Waals surface area contributed by atoms with Gasteiger partial charge >= 0.3 is 0 Å². The second-order valence-corrected chi connectivity index (χ2v) is 5.39. The van der Waals surface area contributed by atoms with Gasteiger partial charge in [-0.1, -0.05) is 12.1 Å². The fourth-order valence-corrected chi connectivity index (χ4v) is 2.40. The smallest absolute Gasteiger partial charge is 0.231 e. The van der Waals surface area contributed by atoms with Crippen LogP contribution in [0.3, 0.4) is 0 Å². The van der Waals surface area contributed by atoms with Crippen molar-refractivity contribution in [2.24, 2.45) is 5.41 Å². The Morgan fingerprint density at radius 2 is 2.33 bits per heavy atom. The third kappa shape index (κ3) is 3.25. The molecule has 1 aromatic heterocycles. The minimum Gasteiger partial charge on any atom is -0.444 e. The molecule has 2 heterocycles. The predicted molar refractivity (Wildman–Crippen MR) is 83.4 cm³/mol. The van der Waals surface area contributed by atoms with Crippen LogP contribution in [0.4, 0.5) is 5.69 Å². The molecule has 2 N–H and O–H groups in total. The molecule has 0 radical (unpaired) electrons. The second kappa shape index (κ2) is 6.28. The Morgan fingerprint density at radius 3 is 3.00 bits per heavy atom. The van der Waals surface area contributed by atoms with E-state index in [2.05, 4.69) is 15.6 Å². The summed E-state index contributed by atoms with van der Waals surface area (Å²) in [6, 6.07) is 7.59. The fraction of sp³-hybridized carbons (Fsp3) is 0.333. The number of carbonyl (C=O) groups excluding carboxylic acids is 1. The molecule has 1 saturated heterocycles. The van der Waals surface area contributed by atoms with Gasteiger partial charge in [0.2, 0.25) is 5.91 Å². The molecule has 0 aliphatic carbocycles. The Morgan fingerprint density at radius 1 is 1.48 bits per heavy atom. The van der Waals surface area contributed by atoms with Gasteiger partial charge in [-0.15, -0.1) is 12.4 Å². The summed E-state index contributed by atoms with van der Waals surface area (Å²) in [5, 5.41) is 6.21. The molecule has 1 aliphatic rings. The highest BCUT2D eigenvalue weighted by Crippen LogP contribution is 2.28. The van der Waals surface area contributed by atoms with E-state index in [1.165, 1.54) is 6.39 Å². The summed E-state index contributed by atoms with van der Waals surface area (Å²) in [6.45, 7) is 3.60. The van der Waals surface area contributed by atoms with E-state index in [-0.39, 0.29) is 23.7 Å². The normalized spacial score (nSPS) is 20.8. The molecule has 1 amide bonds. The number of hydrogen-bond acceptors (Lipinski definition) is 4. The average Bonchev–Trinajstić information content (AvgIpc) is 3.11. The zero-order chi connectivity index (χ0) is 14.0. The molecule has 2 aromatic rings. The summed E-state index contributed by atoms with van der Waals surface area (Å²) < 4.78 is 5.27. The maximum atomic E-state index is 12.3. The van der Waals surface area contributed by atoms with Crippen LogP contribution in [-0.2, 0) is 4.79 Å². The topological polar surface area (TPSA) is 67.2 Å². The summed E-state index contributed by atoms with van der Waals surface area (Å²) >= 11 is 0.